The molecule has 3 aromatic carbocycles. The van der Waals surface area contributed by atoms with Crippen molar-refractivity contribution in [2.75, 3.05) is 0 Å². The maximum absolute atomic E-state index is 11.2. The van der Waals surface area contributed by atoms with Crippen molar-refractivity contribution in [3.63, 3.8) is 0 Å². The number of hydrogen-bond acceptors (Lipinski definition) is 5. The molecule has 116 valence electrons. The molecule has 0 unspecified atom stereocenters. The van der Waals surface area contributed by atoms with Crippen LogP contribution in [0.1, 0.15) is 0 Å². The molecule has 3 N–H and O–H groups in total. The molecule has 3 rings (SSSR count). The van der Waals surface area contributed by atoms with Crippen molar-refractivity contribution in [3.8, 4) is 5.75 Å². The molecule has 0 saturated heterocycles. The predicted octanol–water partition coefficient (Wildman–Crippen LogP) is 3.61. The van der Waals surface area contributed by atoms with Gasteiger partial charge in [0.1, 0.15) is 5.75 Å². The summed E-state index contributed by atoms with van der Waals surface area (Å²) in [6.45, 7) is 0. The summed E-state index contributed by atoms with van der Waals surface area (Å²) in [6, 6.07) is 16.3. The first kappa shape index (κ1) is 15.1. The van der Waals surface area contributed by atoms with Crippen molar-refractivity contribution < 1.29 is 13.5 Å². The van der Waals surface area contributed by atoms with Crippen LogP contribution in [0.25, 0.3) is 10.8 Å². The smallest absolute Gasteiger partial charge is 0.238 e. The molecule has 0 aliphatic carbocycles. The fourth-order valence-electron chi connectivity index (χ4n) is 2.17. The van der Waals surface area contributed by atoms with E-state index in [0.717, 1.165) is 5.39 Å². The average Bonchev–Trinajstić information content (AvgIpc) is 2.54. The summed E-state index contributed by atoms with van der Waals surface area (Å²) in [5.41, 5.74) is 1.10. The molecule has 0 heterocycles. The topological polar surface area (TPSA) is 105 Å². The average molecular weight is 327 g/mol. The van der Waals surface area contributed by atoms with Crippen LogP contribution in [0.2, 0.25) is 0 Å². The van der Waals surface area contributed by atoms with Gasteiger partial charge in [0.15, 0.2) is 0 Å². The molecular weight excluding hydrogens is 314 g/mol. The van der Waals surface area contributed by atoms with E-state index in [1.54, 1.807) is 18.2 Å². The quantitative estimate of drug-likeness (QED) is 0.718. The van der Waals surface area contributed by atoms with Gasteiger partial charge in [-0.1, -0.05) is 24.3 Å². The molecule has 0 aliphatic rings. The lowest BCUT2D eigenvalue weighted by molar-refractivity contribution is 0.481. The van der Waals surface area contributed by atoms with Crippen molar-refractivity contribution >= 4 is 32.2 Å². The lowest BCUT2D eigenvalue weighted by Gasteiger charge is -2.03. The highest BCUT2D eigenvalue weighted by Gasteiger charge is 2.07. The van der Waals surface area contributed by atoms with Crippen molar-refractivity contribution in [1.29, 1.82) is 0 Å². The summed E-state index contributed by atoms with van der Waals surface area (Å²) < 4.78 is 22.4. The summed E-state index contributed by atoms with van der Waals surface area (Å²) in [5.74, 6) is 0.178. The number of phenols is 1. The molecule has 0 bridgehead atoms. The molecule has 0 amide bonds. The Balaban J connectivity index is 1.96. The normalized spacial score (nSPS) is 12.0. The van der Waals surface area contributed by atoms with E-state index in [1.165, 1.54) is 24.3 Å². The number of primary sulfonamides is 1. The largest absolute Gasteiger partial charge is 0.507 e. The number of rotatable bonds is 3. The lowest BCUT2D eigenvalue weighted by atomic mass is 10.1. The Hall–Kier alpha value is -2.77. The summed E-state index contributed by atoms with van der Waals surface area (Å²) in [7, 11) is -3.72. The third kappa shape index (κ3) is 3.20. The van der Waals surface area contributed by atoms with E-state index in [2.05, 4.69) is 10.2 Å². The zero-order valence-corrected chi connectivity index (χ0v) is 12.7. The van der Waals surface area contributed by atoms with E-state index in [4.69, 9.17) is 5.14 Å². The zero-order valence-electron chi connectivity index (χ0n) is 11.9. The number of nitrogens with two attached hydrogens (primary N) is 1. The number of azo groups is 1. The second kappa shape index (κ2) is 5.79. The van der Waals surface area contributed by atoms with Crippen molar-refractivity contribution in [2.24, 2.45) is 15.4 Å². The Bertz CT molecular complexity index is 997. The Labute approximate surface area is 133 Å². The van der Waals surface area contributed by atoms with Crippen molar-refractivity contribution in [1.82, 2.24) is 0 Å². The Morgan fingerprint density at radius 2 is 1.48 bits per heavy atom. The first-order chi connectivity index (χ1) is 10.9. The summed E-state index contributed by atoms with van der Waals surface area (Å²) in [6.07, 6.45) is 0. The molecule has 3 aromatic rings. The number of aromatic hydroxyl groups is 1. The van der Waals surface area contributed by atoms with E-state index in [0.29, 0.717) is 16.8 Å². The van der Waals surface area contributed by atoms with Crippen LogP contribution in [0, 0.1) is 0 Å². The lowest BCUT2D eigenvalue weighted by Crippen LogP contribution is -2.11. The van der Waals surface area contributed by atoms with E-state index in [1.807, 2.05) is 18.2 Å². The van der Waals surface area contributed by atoms with E-state index in [9.17, 15) is 13.5 Å². The van der Waals surface area contributed by atoms with Crippen LogP contribution in [0.15, 0.2) is 75.8 Å². The maximum Gasteiger partial charge on any atom is 0.238 e. The Kier molecular flexibility index (Phi) is 3.81. The maximum atomic E-state index is 11.2. The van der Waals surface area contributed by atoms with Crippen LogP contribution < -0.4 is 5.14 Å². The van der Waals surface area contributed by atoms with Crippen LogP contribution in [0.3, 0.4) is 0 Å². The minimum Gasteiger partial charge on any atom is -0.507 e. The van der Waals surface area contributed by atoms with E-state index in [-0.39, 0.29) is 10.6 Å². The Morgan fingerprint density at radius 3 is 2.13 bits per heavy atom. The van der Waals surface area contributed by atoms with Gasteiger partial charge in [0.2, 0.25) is 10.0 Å². The van der Waals surface area contributed by atoms with Gasteiger partial charge in [0, 0.05) is 10.8 Å². The van der Waals surface area contributed by atoms with E-state index >= 15 is 0 Å². The molecule has 7 heteroatoms. The third-order valence-corrected chi connectivity index (χ3v) is 4.25. The van der Waals surface area contributed by atoms with Crippen LogP contribution in [0.5, 0.6) is 5.75 Å². The van der Waals surface area contributed by atoms with Gasteiger partial charge in [-0.05, 0) is 36.4 Å². The molecule has 0 radical (unpaired) electrons. The van der Waals surface area contributed by atoms with Crippen LogP contribution in [-0.4, -0.2) is 13.5 Å². The zero-order chi connectivity index (χ0) is 16.4. The molecule has 6 nitrogen and oxygen atoms in total. The second-order valence-electron chi connectivity index (χ2n) is 4.89. The number of phenolic OH excluding ortho intramolecular Hbond substituents is 1. The van der Waals surface area contributed by atoms with Gasteiger partial charge in [-0.25, -0.2) is 13.6 Å². The minimum atomic E-state index is -3.72. The van der Waals surface area contributed by atoms with Crippen LogP contribution >= 0.6 is 0 Å². The summed E-state index contributed by atoms with van der Waals surface area (Å²) in [5, 5.41) is 24.6. The van der Waals surface area contributed by atoms with Gasteiger partial charge in [-0.3, -0.25) is 0 Å². The molecule has 0 fully saturated rings. The van der Waals surface area contributed by atoms with Gasteiger partial charge in [-0.15, -0.1) is 5.11 Å². The highest BCUT2D eigenvalue weighted by atomic mass is 32.2. The van der Waals surface area contributed by atoms with Crippen molar-refractivity contribution in [3.05, 3.63) is 60.7 Å². The number of sulfonamides is 1. The standard InChI is InChI=1S/C16H13N3O3S/c17-23(21,22)12-7-5-11(6-8-12)18-19-15-9-10-16(20)14-4-2-1-3-13(14)15/h1-10,20H,(H2,17,21,22). The highest BCUT2D eigenvalue weighted by molar-refractivity contribution is 7.89. The first-order valence-corrected chi connectivity index (χ1v) is 8.25. The van der Waals surface area contributed by atoms with Gasteiger partial charge in [0.05, 0.1) is 16.3 Å². The molecule has 0 aromatic heterocycles. The van der Waals surface area contributed by atoms with Crippen LogP contribution in [0.4, 0.5) is 11.4 Å². The van der Waals surface area contributed by atoms with Gasteiger partial charge < -0.3 is 5.11 Å². The molecule has 23 heavy (non-hydrogen) atoms. The van der Waals surface area contributed by atoms with E-state index < -0.39 is 10.0 Å². The fraction of sp³-hybridized carbons (Fsp3) is 0. The number of hydrogen-bond donors (Lipinski definition) is 2. The van der Waals surface area contributed by atoms with Crippen LogP contribution in [-0.2, 0) is 10.0 Å². The molecule has 0 saturated carbocycles. The SMILES string of the molecule is NS(=O)(=O)c1ccc(N=Nc2ccc(O)c3ccccc23)cc1. The van der Waals surface area contributed by atoms with Gasteiger partial charge in [-0.2, -0.15) is 5.11 Å². The highest BCUT2D eigenvalue weighted by Crippen LogP contribution is 2.33. The summed E-state index contributed by atoms with van der Waals surface area (Å²) in [4.78, 5) is 0.0199. The van der Waals surface area contributed by atoms with Crippen molar-refractivity contribution in [2.45, 2.75) is 4.90 Å². The second-order valence-corrected chi connectivity index (χ2v) is 6.45. The number of nitrogens with zero attached hydrogens (tertiary/aromatic N) is 2. The minimum absolute atomic E-state index is 0.0199. The van der Waals surface area contributed by atoms with Gasteiger partial charge >= 0.3 is 0 Å². The molecule has 0 spiro atoms. The third-order valence-electron chi connectivity index (χ3n) is 3.32. The first-order valence-electron chi connectivity index (χ1n) is 6.70. The summed E-state index contributed by atoms with van der Waals surface area (Å²) >= 11 is 0. The Morgan fingerprint density at radius 1 is 0.826 bits per heavy atom. The van der Waals surface area contributed by atoms with Gasteiger partial charge in [0.25, 0.3) is 0 Å². The number of benzene rings is 3. The monoisotopic (exact) mass is 327 g/mol. The molecular formula is C16H13N3O3S. The molecule has 0 atom stereocenters. The fourth-order valence-corrected chi connectivity index (χ4v) is 2.68. The molecule has 0 aliphatic heterocycles. The predicted molar refractivity (Wildman–Crippen MR) is 87.6 cm³/mol. The number of fused-ring (bicyclic) bond motifs is 1.